The Hall–Kier alpha value is -2.43. The van der Waals surface area contributed by atoms with Gasteiger partial charge in [0.2, 0.25) is 0 Å². The highest BCUT2D eigenvalue weighted by molar-refractivity contribution is 6.06. The minimum absolute atomic E-state index is 0.142. The first-order chi connectivity index (χ1) is 10.6. The van der Waals surface area contributed by atoms with Crippen molar-refractivity contribution in [3.63, 3.8) is 0 Å². The van der Waals surface area contributed by atoms with Crippen LogP contribution in [0.3, 0.4) is 0 Å². The number of ether oxygens (including phenoxy) is 2. The van der Waals surface area contributed by atoms with Gasteiger partial charge in [0, 0.05) is 17.1 Å². The number of aryl methyl sites for hydroxylation is 1. The summed E-state index contributed by atoms with van der Waals surface area (Å²) in [6.07, 6.45) is 3.71. The van der Waals surface area contributed by atoms with Crippen LogP contribution in [-0.4, -0.2) is 27.7 Å². The Kier molecular flexibility index (Phi) is 3.56. The van der Waals surface area contributed by atoms with Gasteiger partial charge < -0.3 is 19.0 Å². The van der Waals surface area contributed by atoms with Gasteiger partial charge in [-0.1, -0.05) is 0 Å². The number of benzene rings is 1. The topological polar surface area (TPSA) is 56.0 Å². The van der Waals surface area contributed by atoms with Crippen LogP contribution < -0.4 is 9.47 Å². The molecule has 5 nitrogen and oxygen atoms in total. The van der Waals surface area contributed by atoms with Crippen molar-refractivity contribution in [2.75, 3.05) is 13.2 Å². The summed E-state index contributed by atoms with van der Waals surface area (Å²) in [6, 6.07) is 1.95. The van der Waals surface area contributed by atoms with E-state index >= 15 is 0 Å². The molecule has 0 atom stereocenters. The van der Waals surface area contributed by atoms with Gasteiger partial charge in [0.15, 0.2) is 11.5 Å². The molecule has 1 aromatic carbocycles. The molecule has 0 spiro atoms. The average Bonchev–Trinajstić information content (AvgIpc) is 2.89. The second kappa shape index (κ2) is 5.40. The van der Waals surface area contributed by atoms with Gasteiger partial charge in [-0.05, 0) is 33.8 Å². The monoisotopic (exact) mass is 300 g/mol. The molecule has 1 N–H and O–H groups in total. The molecule has 0 amide bonds. The molecule has 3 rings (SSSR count). The van der Waals surface area contributed by atoms with E-state index in [2.05, 4.69) is 4.98 Å². The number of nitrogens with zero attached hydrogens (tertiary/aromatic N) is 2. The molecule has 0 fully saturated rings. The fourth-order valence-electron chi connectivity index (χ4n) is 2.88. The van der Waals surface area contributed by atoms with E-state index in [1.54, 1.807) is 6.20 Å². The van der Waals surface area contributed by atoms with Crippen molar-refractivity contribution in [3.05, 3.63) is 29.8 Å². The van der Waals surface area contributed by atoms with Crippen molar-refractivity contribution in [1.29, 1.82) is 0 Å². The van der Waals surface area contributed by atoms with Crippen molar-refractivity contribution in [3.8, 4) is 17.2 Å². The smallest absolute Gasteiger partial charge is 0.168 e. The summed E-state index contributed by atoms with van der Waals surface area (Å²) in [5.41, 5.74) is 1.66. The van der Waals surface area contributed by atoms with E-state index in [9.17, 15) is 5.11 Å². The highest BCUT2D eigenvalue weighted by atomic mass is 16.5. The summed E-state index contributed by atoms with van der Waals surface area (Å²) in [4.78, 5) is 4.33. The van der Waals surface area contributed by atoms with Crippen LogP contribution in [0.15, 0.2) is 18.5 Å². The van der Waals surface area contributed by atoms with E-state index in [1.165, 1.54) is 0 Å². The van der Waals surface area contributed by atoms with Crippen molar-refractivity contribution < 1.29 is 14.6 Å². The van der Waals surface area contributed by atoms with Gasteiger partial charge in [-0.15, -0.1) is 0 Å². The largest absolute Gasteiger partial charge is 0.504 e. The minimum Gasteiger partial charge on any atom is -0.504 e. The number of imidazole rings is 1. The summed E-state index contributed by atoms with van der Waals surface area (Å²) in [5.74, 6) is 2.24. The molecule has 0 saturated heterocycles. The van der Waals surface area contributed by atoms with Crippen LogP contribution in [0.4, 0.5) is 0 Å². The Bertz CT molecular complexity index is 852. The fraction of sp³-hybridized carbons (Fsp3) is 0.353. The zero-order valence-electron chi connectivity index (χ0n) is 13.3. The molecule has 0 radical (unpaired) electrons. The first-order valence-corrected chi connectivity index (χ1v) is 7.47. The maximum atomic E-state index is 10.7. The summed E-state index contributed by atoms with van der Waals surface area (Å²) >= 11 is 0. The normalized spacial score (nSPS) is 11.3. The third-order valence-electron chi connectivity index (χ3n) is 3.85. The predicted octanol–water partition coefficient (Wildman–Crippen LogP) is 3.61. The van der Waals surface area contributed by atoms with E-state index < -0.39 is 0 Å². The minimum atomic E-state index is 0.142. The van der Waals surface area contributed by atoms with Gasteiger partial charge in [-0.3, -0.25) is 0 Å². The third kappa shape index (κ3) is 1.96. The van der Waals surface area contributed by atoms with E-state index in [4.69, 9.17) is 9.47 Å². The predicted molar refractivity (Wildman–Crippen MR) is 86.2 cm³/mol. The molecule has 0 unspecified atom stereocenters. The molecule has 0 aliphatic rings. The van der Waals surface area contributed by atoms with Gasteiger partial charge in [-0.25, -0.2) is 4.98 Å². The first kappa shape index (κ1) is 14.5. The Morgan fingerprint density at radius 1 is 1.14 bits per heavy atom. The molecule has 0 aliphatic heterocycles. The number of phenols is 1. The molecule has 2 heterocycles. The van der Waals surface area contributed by atoms with Crippen molar-refractivity contribution in [1.82, 2.24) is 9.38 Å². The molecule has 3 aromatic rings. The van der Waals surface area contributed by atoms with E-state index in [0.29, 0.717) is 24.3 Å². The van der Waals surface area contributed by atoms with Gasteiger partial charge >= 0.3 is 0 Å². The van der Waals surface area contributed by atoms with Crippen molar-refractivity contribution >= 4 is 16.3 Å². The molecule has 0 saturated carbocycles. The second-order valence-corrected chi connectivity index (χ2v) is 5.16. The van der Waals surface area contributed by atoms with Crippen LogP contribution in [0.1, 0.15) is 25.2 Å². The molecule has 2 aromatic heterocycles. The van der Waals surface area contributed by atoms with E-state index in [-0.39, 0.29) is 5.75 Å². The number of aromatic hydroxyl groups is 1. The molecular formula is C17H20N2O3. The molecule has 22 heavy (non-hydrogen) atoms. The average molecular weight is 300 g/mol. The van der Waals surface area contributed by atoms with Crippen LogP contribution in [0.25, 0.3) is 16.3 Å². The lowest BCUT2D eigenvalue weighted by atomic mass is 10.0. The highest BCUT2D eigenvalue weighted by Crippen LogP contribution is 2.46. The van der Waals surface area contributed by atoms with E-state index in [1.807, 2.05) is 44.4 Å². The Labute approximate surface area is 129 Å². The Morgan fingerprint density at radius 2 is 1.82 bits per heavy atom. The highest BCUT2D eigenvalue weighted by Gasteiger charge is 2.21. The SMILES string of the molecule is CCOc1c(C)c(OCC)c2ccn3c(C)ncc3c2c1O. The molecule has 0 bridgehead atoms. The lowest BCUT2D eigenvalue weighted by Gasteiger charge is -2.18. The number of hydrogen-bond acceptors (Lipinski definition) is 4. The van der Waals surface area contributed by atoms with Crippen LogP contribution in [-0.2, 0) is 0 Å². The summed E-state index contributed by atoms with van der Waals surface area (Å²) in [5, 5.41) is 12.3. The molecule has 116 valence electrons. The van der Waals surface area contributed by atoms with Crippen LogP contribution in [0.2, 0.25) is 0 Å². The van der Waals surface area contributed by atoms with Crippen LogP contribution in [0, 0.1) is 13.8 Å². The van der Waals surface area contributed by atoms with Crippen LogP contribution in [0.5, 0.6) is 17.2 Å². The molecule has 5 heteroatoms. The summed E-state index contributed by atoms with van der Waals surface area (Å²) in [7, 11) is 0. The number of pyridine rings is 1. The van der Waals surface area contributed by atoms with Gasteiger partial charge in [0.25, 0.3) is 0 Å². The number of aromatic nitrogens is 2. The summed E-state index contributed by atoms with van der Waals surface area (Å²) in [6.45, 7) is 8.70. The Balaban J connectivity index is 2.49. The summed E-state index contributed by atoms with van der Waals surface area (Å²) < 4.78 is 13.4. The maximum absolute atomic E-state index is 10.7. The van der Waals surface area contributed by atoms with E-state index in [0.717, 1.165) is 28.0 Å². The van der Waals surface area contributed by atoms with Crippen LogP contribution >= 0.6 is 0 Å². The fourth-order valence-corrected chi connectivity index (χ4v) is 2.88. The number of rotatable bonds is 4. The van der Waals surface area contributed by atoms with Gasteiger partial charge in [0.1, 0.15) is 11.6 Å². The molecule has 0 aliphatic carbocycles. The van der Waals surface area contributed by atoms with Gasteiger partial charge in [0.05, 0.1) is 30.3 Å². The maximum Gasteiger partial charge on any atom is 0.168 e. The lowest BCUT2D eigenvalue weighted by molar-refractivity contribution is 0.307. The number of hydrogen-bond donors (Lipinski definition) is 1. The number of phenolic OH excluding ortho intramolecular Hbond substituents is 1. The zero-order chi connectivity index (χ0) is 15.9. The van der Waals surface area contributed by atoms with Gasteiger partial charge in [-0.2, -0.15) is 0 Å². The first-order valence-electron chi connectivity index (χ1n) is 7.47. The quantitative estimate of drug-likeness (QED) is 0.799. The Morgan fingerprint density at radius 3 is 2.50 bits per heavy atom. The zero-order valence-corrected chi connectivity index (χ0v) is 13.3. The lowest BCUT2D eigenvalue weighted by Crippen LogP contribution is -2.01. The van der Waals surface area contributed by atoms with Crippen molar-refractivity contribution in [2.45, 2.75) is 27.7 Å². The second-order valence-electron chi connectivity index (χ2n) is 5.16. The standard InChI is InChI=1S/C17H20N2O3/c1-5-21-16-10(3)17(22-6-2)15(20)14-12(16)7-8-19-11(4)18-9-13(14)19/h7-9,20H,5-6H2,1-4H3. The number of fused-ring (bicyclic) bond motifs is 3. The third-order valence-corrected chi connectivity index (χ3v) is 3.85. The molecular weight excluding hydrogens is 280 g/mol. The van der Waals surface area contributed by atoms with Crippen molar-refractivity contribution in [2.24, 2.45) is 0 Å².